The van der Waals surface area contributed by atoms with Crippen molar-refractivity contribution in [2.75, 3.05) is 13.1 Å². The van der Waals surface area contributed by atoms with Gasteiger partial charge in [0.15, 0.2) is 5.17 Å². The number of hydrogen-bond donors (Lipinski definition) is 0. The van der Waals surface area contributed by atoms with Gasteiger partial charge in [-0.15, -0.1) is 0 Å². The van der Waals surface area contributed by atoms with E-state index in [0.29, 0.717) is 10.0 Å². The van der Waals surface area contributed by atoms with Crippen molar-refractivity contribution in [1.29, 1.82) is 0 Å². The highest BCUT2D eigenvalue weighted by Gasteiger charge is 2.45. The molecule has 1 fully saturated rings. The smallest absolute Gasteiger partial charge is 0.167 e. The molecule has 1 aliphatic carbocycles. The van der Waals surface area contributed by atoms with Crippen molar-refractivity contribution >= 4 is 40.1 Å². The molecule has 1 aromatic rings. The minimum absolute atomic E-state index is 0.0861. The fourth-order valence-corrected chi connectivity index (χ4v) is 5.11. The van der Waals surface area contributed by atoms with Crippen molar-refractivity contribution in [3.8, 4) is 0 Å². The highest BCUT2D eigenvalue weighted by Crippen LogP contribution is 2.52. The van der Waals surface area contributed by atoms with Crippen molar-refractivity contribution in [2.24, 2.45) is 4.99 Å². The number of halogens is 2. The van der Waals surface area contributed by atoms with Gasteiger partial charge < -0.3 is 4.90 Å². The van der Waals surface area contributed by atoms with Gasteiger partial charge in [-0.3, -0.25) is 4.99 Å². The van der Waals surface area contributed by atoms with Crippen LogP contribution in [0.5, 0.6) is 0 Å². The molecular weight excluding hydrogens is 323 g/mol. The molecule has 0 atom stereocenters. The Labute approximate surface area is 139 Å². The summed E-state index contributed by atoms with van der Waals surface area (Å²) in [5.41, 5.74) is 2.80. The molecule has 2 nitrogen and oxygen atoms in total. The molecule has 0 N–H and O–H groups in total. The molecule has 0 saturated heterocycles. The molecule has 0 unspecified atom stereocenters. The number of rotatable bonds is 2. The van der Waals surface area contributed by atoms with E-state index in [0.717, 1.165) is 18.3 Å². The zero-order chi connectivity index (χ0) is 14.4. The predicted octanol–water partition coefficient (Wildman–Crippen LogP) is 5.07. The van der Waals surface area contributed by atoms with E-state index >= 15 is 0 Å². The number of allylic oxidation sites excluding steroid dienone is 1. The zero-order valence-electron chi connectivity index (χ0n) is 11.6. The van der Waals surface area contributed by atoms with Gasteiger partial charge in [0.2, 0.25) is 0 Å². The fourth-order valence-electron chi connectivity index (χ4n) is 3.76. The number of benzene rings is 1. The standard InChI is InChI=1S/C16H16Cl2N2S/c17-12-4-3-11(9-13(12)18)16(5-1-2-6-16)14-10-21-15-19-7-8-20(14)15/h3-4,9-10H,1-2,5-8H2. The van der Waals surface area contributed by atoms with Gasteiger partial charge in [0, 0.05) is 17.7 Å². The van der Waals surface area contributed by atoms with Crippen LogP contribution >= 0.6 is 35.0 Å². The number of aliphatic imine (C=N–C) groups is 1. The molecule has 2 heterocycles. The van der Waals surface area contributed by atoms with Crippen LogP contribution in [-0.2, 0) is 5.41 Å². The Balaban J connectivity index is 1.80. The molecule has 3 aliphatic rings. The van der Waals surface area contributed by atoms with E-state index < -0.39 is 0 Å². The first-order valence-corrected chi connectivity index (χ1v) is 8.99. The fraction of sp³-hybridized carbons (Fsp3) is 0.438. The molecule has 0 amide bonds. The molecule has 0 aromatic heterocycles. The highest BCUT2D eigenvalue weighted by molar-refractivity contribution is 8.16. The van der Waals surface area contributed by atoms with Crippen LogP contribution in [0.25, 0.3) is 0 Å². The van der Waals surface area contributed by atoms with Gasteiger partial charge in [0.1, 0.15) is 0 Å². The van der Waals surface area contributed by atoms with Crippen molar-refractivity contribution < 1.29 is 0 Å². The number of amidine groups is 1. The monoisotopic (exact) mass is 338 g/mol. The van der Waals surface area contributed by atoms with E-state index in [1.54, 1.807) is 11.8 Å². The van der Waals surface area contributed by atoms with Gasteiger partial charge >= 0.3 is 0 Å². The van der Waals surface area contributed by atoms with Gasteiger partial charge in [-0.25, -0.2) is 0 Å². The van der Waals surface area contributed by atoms with Crippen LogP contribution in [0.3, 0.4) is 0 Å². The number of fused-ring (bicyclic) bond motifs is 1. The number of nitrogens with zero attached hydrogens (tertiary/aromatic N) is 2. The Kier molecular flexibility index (Phi) is 3.48. The normalized spacial score (nSPS) is 23.2. The molecule has 4 rings (SSSR count). The maximum absolute atomic E-state index is 6.28. The molecule has 0 bridgehead atoms. The van der Waals surface area contributed by atoms with E-state index in [1.807, 2.05) is 6.07 Å². The third kappa shape index (κ3) is 2.13. The summed E-state index contributed by atoms with van der Waals surface area (Å²) in [6, 6.07) is 6.14. The molecule has 1 saturated carbocycles. The maximum atomic E-state index is 6.28. The van der Waals surface area contributed by atoms with Crippen LogP contribution < -0.4 is 0 Å². The van der Waals surface area contributed by atoms with Gasteiger partial charge in [-0.1, -0.05) is 53.9 Å². The minimum atomic E-state index is 0.0861. The molecule has 0 spiro atoms. The Hall–Kier alpha value is -0.640. The van der Waals surface area contributed by atoms with E-state index in [4.69, 9.17) is 23.2 Å². The summed E-state index contributed by atoms with van der Waals surface area (Å²) in [7, 11) is 0. The Morgan fingerprint density at radius 1 is 1.14 bits per heavy atom. The largest absolute Gasteiger partial charge is 0.321 e. The first kappa shape index (κ1) is 14.0. The van der Waals surface area contributed by atoms with Crippen molar-refractivity contribution in [3.05, 3.63) is 44.9 Å². The maximum Gasteiger partial charge on any atom is 0.167 e. The second-order valence-corrected chi connectivity index (χ2v) is 7.51. The Bertz CT molecular complexity index is 648. The quantitative estimate of drug-likeness (QED) is 0.748. The van der Waals surface area contributed by atoms with Crippen LogP contribution in [0.4, 0.5) is 0 Å². The second-order valence-electron chi connectivity index (χ2n) is 5.85. The zero-order valence-corrected chi connectivity index (χ0v) is 13.9. The van der Waals surface area contributed by atoms with Crippen LogP contribution in [0.1, 0.15) is 31.2 Å². The predicted molar refractivity (Wildman–Crippen MR) is 91.3 cm³/mol. The topological polar surface area (TPSA) is 15.6 Å². The lowest BCUT2D eigenvalue weighted by Gasteiger charge is -2.35. The first-order valence-electron chi connectivity index (χ1n) is 7.35. The van der Waals surface area contributed by atoms with E-state index in [9.17, 15) is 0 Å². The van der Waals surface area contributed by atoms with E-state index in [-0.39, 0.29) is 5.41 Å². The van der Waals surface area contributed by atoms with Gasteiger partial charge in [0.05, 0.1) is 16.6 Å². The van der Waals surface area contributed by atoms with Crippen LogP contribution in [-0.4, -0.2) is 23.2 Å². The molecule has 2 aliphatic heterocycles. The van der Waals surface area contributed by atoms with Gasteiger partial charge in [-0.2, -0.15) is 0 Å². The molecule has 21 heavy (non-hydrogen) atoms. The lowest BCUT2D eigenvalue weighted by molar-refractivity contribution is 0.405. The summed E-state index contributed by atoms with van der Waals surface area (Å²) < 4.78 is 0. The van der Waals surface area contributed by atoms with Crippen LogP contribution in [0.2, 0.25) is 10.0 Å². The van der Waals surface area contributed by atoms with Crippen molar-refractivity contribution in [3.63, 3.8) is 0 Å². The lowest BCUT2D eigenvalue weighted by atomic mass is 9.76. The third-order valence-electron chi connectivity index (χ3n) is 4.79. The minimum Gasteiger partial charge on any atom is -0.321 e. The Morgan fingerprint density at radius 3 is 2.71 bits per heavy atom. The van der Waals surface area contributed by atoms with E-state index in [2.05, 4.69) is 27.4 Å². The molecule has 5 heteroatoms. The molecular formula is C16H16Cl2N2S. The van der Waals surface area contributed by atoms with Crippen LogP contribution in [0, 0.1) is 0 Å². The summed E-state index contributed by atoms with van der Waals surface area (Å²) in [6.45, 7) is 1.92. The van der Waals surface area contributed by atoms with Crippen LogP contribution in [0.15, 0.2) is 34.3 Å². The Morgan fingerprint density at radius 2 is 1.95 bits per heavy atom. The number of thioether (sulfide) groups is 1. The first-order chi connectivity index (χ1) is 10.2. The highest BCUT2D eigenvalue weighted by atomic mass is 35.5. The molecule has 110 valence electrons. The number of hydrogen-bond acceptors (Lipinski definition) is 3. The van der Waals surface area contributed by atoms with E-state index in [1.165, 1.54) is 36.9 Å². The lowest BCUT2D eigenvalue weighted by Crippen LogP contribution is -2.35. The molecule has 0 radical (unpaired) electrons. The summed E-state index contributed by atoms with van der Waals surface area (Å²) >= 11 is 14.1. The van der Waals surface area contributed by atoms with Crippen molar-refractivity contribution in [1.82, 2.24) is 4.90 Å². The third-order valence-corrected chi connectivity index (χ3v) is 6.43. The summed E-state index contributed by atoms with van der Waals surface area (Å²) in [5, 5.41) is 4.75. The van der Waals surface area contributed by atoms with Crippen molar-refractivity contribution in [2.45, 2.75) is 31.1 Å². The van der Waals surface area contributed by atoms with Gasteiger partial charge in [-0.05, 0) is 35.9 Å². The average molecular weight is 339 g/mol. The summed E-state index contributed by atoms with van der Waals surface area (Å²) in [6.07, 6.45) is 4.90. The summed E-state index contributed by atoms with van der Waals surface area (Å²) in [4.78, 5) is 6.98. The van der Waals surface area contributed by atoms with Gasteiger partial charge in [0.25, 0.3) is 0 Å². The SMILES string of the molecule is Clc1ccc(C2(C3=CSC4=NCCN34)CCCC2)cc1Cl. The second kappa shape index (κ2) is 5.22. The molecule has 1 aromatic carbocycles. The summed E-state index contributed by atoms with van der Waals surface area (Å²) in [5.74, 6) is 0. The average Bonchev–Trinajstić information content (AvgIpc) is 3.16.